The fourth-order valence-corrected chi connectivity index (χ4v) is 10.1. The van der Waals surface area contributed by atoms with Crippen molar-refractivity contribution >= 4 is 17.9 Å². The summed E-state index contributed by atoms with van der Waals surface area (Å²) in [7, 11) is 0. The Kier molecular flexibility index (Phi) is 66.7. The van der Waals surface area contributed by atoms with E-state index in [0.29, 0.717) is 19.3 Å². The molecule has 82 heavy (non-hydrogen) atoms. The molecule has 1 atom stereocenters. The maximum absolute atomic E-state index is 13.0. The standard InChI is InChI=1S/C76H132O6/c1-4-7-10-13-16-19-22-25-28-31-33-35-36-37-38-39-40-41-43-45-48-51-54-57-60-63-66-69-75(78)81-72-73(71-80-74(77)68-65-62-59-56-53-50-47-44-30-27-24-21-18-15-12-9-6-3)82-76(79)70-67-64-61-58-55-52-49-46-42-34-32-29-26-23-20-17-14-11-8-5-2/h7,9-10,12,16,18-19,21,25,27-28,30,33,35,47,50,73H,4-6,8,11,13-15,17,20,22-24,26,29,31-32,34,36-46,48-49,51-72H2,1-3H3/b10-7-,12-9-,19-16-,21-18-,28-25-,30-27-,35-33-,50-47-. The lowest BCUT2D eigenvalue weighted by molar-refractivity contribution is -0.167. The highest BCUT2D eigenvalue weighted by Gasteiger charge is 2.19. The Labute approximate surface area is 508 Å². The minimum atomic E-state index is -0.788. The molecular weight excluding hydrogens is 1010 g/mol. The van der Waals surface area contributed by atoms with E-state index in [1.54, 1.807) is 0 Å². The van der Waals surface area contributed by atoms with Crippen molar-refractivity contribution in [3.8, 4) is 0 Å². The van der Waals surface area contributed by atoms with Crippen molar-refractivity contribution < 1.29 is 28.6 Å². The summed E-state index contributed by atoms with van der Waals surface area (Å²) in [6.07, 6.45) is 94.3. The predicted molar refractivity (Wildman–Crippen MR) is 357 cm³/mol. The first kappa shape index (κ1) is 78.3. The topological polar surface area (TPSA) is 78.9 Å². The molecule has 0 aromatic rings. The van der Waals surface area contributed by atoms with Crippen LogP contribution in [0.15, 0.2) is 97.2 Å². The molecule has 0 rings (SSSR count). The second-order valence-electron chi connectivity index (χ2n) is 23.4. The van der Waals surface area contributed by atoms with E-state index < -0.39 is 6.10 Å². The number of unbranched alkanes of at least 4 members (excludes halogenated alkanes) is 37. The number of rotatable bonds is 64. The van der Waals surface area contributed by atoms with Gasteiger partial charge in [0, 0.05) is 19.3 Å². The van der Waals surface area contributed by atoms with Gasteiger partial charge in [-0.15, -0.1) is 0 Å². The monoisotopic (exact) mass is 1140 g/mol. The van der Waals surface area contributed by atoms with Crippen LogP contribution in [0.1, 0.15) is 348 Å². The molecule has 6 nitrogen and oxygen atoms in total. The van der Waals surface area contributed by atoms with Gasteiger partial charge in [-0.2, -0.15) is 0 Å². The molecule has 0 saturated heterocycles. The second-order valence-corrected chi connectivity index (χ2v) is 23.4. The molecule has 0 aliphatic rings. The lowest BCUT2D eigenvalue weighted by Crippen LogP contribution is -2.30. The first-order valence-electron chi connectivity index (χ1n) is 35.2. The molecule has 0 aliphatic carbocycles. The Balaban J connectivity index is 4.33. The average Bonchev–Trinajstić information content (AvgIpc) is 3.47. The van der Waals surface area contributed by atoms with E-state index in [0.717, 1.165) is 122 Å². The summed E-state index contributed by atoms with van der Waals surface area (Å²) in [5, 5.41) is 0. The van der Waals surface area contributed by atoms with Gasteiger partial charge in [0.05, 0.1) is 0 Å². The van der Waals surface area contributed by atoms with Gasteiger partial charge < -0.3 is 14.2 Å². The molecule has 0 N–H and O–H groups in total. The summed E-state index contributed by atoms with van der Waals surface area (Å²) in [6, 6.07) is 0. The van der Waals surface area contributed by atoms with Crippen molar-refractivity contribution in [1.29, 1.82) is 0 Å². The summed E-state index contributed by atoms with van der Waals surface area (Å²) in [4.78, 5) is 38.5. The van der Waals surface area contributed by atoms with Crippen LogP contribution >= 0.6 is 0 Å². The van der Waals surface area contributed by atoms with Crippen LogP contribution in [-0.4, -0.2) is 37.2 Å². The van der Waals surface area contributed by atoms with Crippen molar-refractivity contribution in [1.82, 2.24) is 0 Å². The number of ether oxygens (including phenoxy) is 3. The van der Waals surface area contributed by atoms with Gasteiger partial charge in [-0.1, -0.05) is 330 Å². The molecule has 0 fully saturated rings. The molecule has 0 saturated carbocycles. The van der Waals surface area contributed by atoms with Crippen LogP contribution < -0.4 is 0 Å². The molecule has 0 amide bonds. The summed E-state index contributed by atoms with van der Waals surface area (Å²) in [5.41, 5.74) is 0. The van der Waals surface area contributed by atoms with Gasteiger partial charge in [0.25, 0.3) is 0 Å². The first-order chi connectivity index (χ1) is 40.5. The quantitative estimate of drug-likeness (QED) is 0.0261. The highest BCUT2D eigenvalue weighted by Crippen LogP contribution is 2.18. The molecule has 0 radical (unpaired) electrons. The molecule has 1 unspecified atom stereocenters. The van der Waals surface area contributed by atoms with E-state index in [9.17, 15) is 14.4 Å². The van der Waals surface area contributed by atoms with Gasteiger partial charge in [-0.3, -0.25) is 14.4 Å². The van der Waals surface area contributed by atoms with E-state index in [-0.39, 0.29) is 31.1 Å². The fourth-order valence-electron chi connectivity index (χ4n) is 10.1. The van der Waals surface area contributed by atoms with Gasteiger partial charge >= 0.3 is 17.9 Å². The van der Waals surface area contributed by atoms with E-state index in [4.69, 9.17) is 14.2 Å². The van der Waals surface area contributed by atoms with Gasteiger partial charge in [0.15, 0.2) is 6.10 Å². The fraction of sp³-hybridized carbons (Fsp3) is 0.750. The minimum absolute atomic E-state index is 0.0823. The Morgan fingerprint density at radius 1 is 0.256 bits per heavy atom. The van der Waals surface area contributed by atoms with Crippen molar-refractivity contribution in [2.24, 2.45) is 0 Å². The molecule has 0 spiro atoms. The summed E-state index contributed by atoms with van der Waals surface area (Å²) < 4.78 is 17.0. The number of hydrogen-bond donors (Lipinski definition) is 0. The lowest BCUT2D eigenvalue weighted by Gasteiger charge is -2.18. The van der Waals surface area contributed by atoms with E-state index >= 15 is 0 Å². The molecule has 0 aliphatic heterocycles. The van der Waals surface area contributed by atoms with Crippen molar-refractivity contribution in [3.05, 3.63) is 97.2 Å². The third-order valence-electron chi connectivity index (χ3n) is 15.3. The van der Waals surface area contributed by atoms with Crippen LogP contribution in [0.5, 0.6) is 0 Å². The minimum Gasteiger partial charge on any atom is -0.462 e. The zero-order chi connectivity index (χ0) is 59.2. The SMILES string of the molecule is CC/C=C\C/C=C\C/C=C\C/C=C\CCCCCCCCCCCCCCCCC(=O)OCC(COC(=O)CCCCCC/C=C\C/C=C\C/C=C\C/C=C\CC)OC(=O)CCCCCCCCCCCCCCCCCCCCCC. The maximum atomic E-state index is 13.0. The van der Waals surface area contributed by atoms with Crippen molar-refractivity contribution in [3.63, 3.8) is 0 Å². The van der Waals surface area contributed by atoms with Crippen LogP contribution in [0, 0.1) is 0 Å². The molecule has 0 aromatic carbocycles. The first-order valence-corrected chi connectivity index (χ1v) is 35.2. The third kappa shape index (κ3) is 67.1. The van der Waals surface area contributed by atoms with Crippen LogP contribution in [0.2, 0.25) is 0 Å². The smallest absolute Gasteiger partial charge is 0.306 e. The summed E-state index contributed by atoms with van der Waals surface area (Å²) >= 11 is 0. The second kappa shape index (κ2) is 69.8. The number of hydrogen-bond acceptors (Lipinski definition) is 6. The van der Waals surface area contributed by atoms with Crippen LogP contribution in [0.25, 0.3) is 0 Å². The van der Waals surface area contributed by atoms with Gasteiger partial charge in [-0.05, 0) is 96.3 Å². The number of carbonyl (C=O) groups is 3. The number of esters is 3. The normalized spacial score (nSPS) is 12.7. The van der Waals surface area contributed by atoms with Gasteiger partial charge in [0.1, 0.15) is 13.2 Å². The van der Waals surface area contributed by atoms with Crippen LogP contribution in [-0.2, 0) is 28.6 Å². The van der Waals surface area contributed by atoms with Crippen LogP contribution in [0.4, 0.5) is 0 Å². The molecular formula is C76H132O6. The molecule has 0 aromatic heterocycles. The number of allylic oxidation sites excluding steroid dienone is 16. The predicted octanol–water partition coefficient (Wildman–Crippen LogP) is 24.4. The Bertz CT molecular complexity index is 1590. The van der Waals surface area contributed by atoms with Crippen molar-refractivity contribution in [2.45, 2.75) is 354 Å². The zero-order valence-corrected chi connectivity index (χ0v) is 54.2. The summed E-state index contributed by atoms with van der Waals surface area (Å²) in [5.74, 6) is -0.888. The molecule has 6 heteroatoms. The number of carbonyl (C=O) groups excluding carboxylic acids is 3. The maximum Gasteiger partial charge on any atom is 0.306 e. The Hall–Kier alpha value is -3.67. The van der Waals surface area contributed by atoms with Gasteiger partial charge in [0.2, 0.25) is 0 Å². The average molecular weight is 1140 g/mol. The van der Waals surface area contributed by atoms with Gasteiger partial charge in [-0.25, -0.2) is 0 Å². The Morgan fingerprint density at radius 2 is 0.476 bits per heavy atom. The summed E-state index contributed by atoms with van der Waals surface area (Å²) in [6.45, 7) is 6.45. The molecule has 472 valence electrons. The van der Waals surface area contributed by atoms with Crippen molar-refractivity contribution in [2.75, 3.05) is 13.2 Å². The zero-order valence-electron chi connectivity index (χ0n) is 54.2. The molecule has 0 heterocycles. The van der Waals surface area contributed by atoms with E-state index in [1.807, 2.05) is 0 Å². The van der Waals surface area contributed by atoms with E-state index in [2.05, 4.69) is 118 Å². The van der Waals surface area contributed by atoms with Crippen LogP contribution in [0.3, 0.4) is 0 Å². The highest BCUT2D eigenvalue weighted by atomic mass is 16.6. The lowest BCUT2D eigenvalue weighted by atomic mass is 10.0. The van der Waals surface area contributed by atoms with E-state index in [1.165, 1.54) is 186 Å². The largest absolute Gasteiger partial charge is 0.462 e. The third-order valence-corrected chi connectivity index (χ3v) is 15.3. The Morgan fingerprint density at radius 3 is 0.744 bits per heavy atom. The highest BCUT2D eigenvalue weighted by molar-refractivity contribution is 5.71. The molecule has 0 bridgehead atoms.